The fourth-order valence-corrected chi connectivity index (χ4v) is 3.53. The molecule has 0 unspecified atom stereocenters. The molecular weight excluding hydrogens is 385 g/mol. The zero-order valence-electron chi connectivity index (χ0n) is 15.1. The van der Waals surface area contributed by atoms with E-state index < -0.39 is 0 Å². The standard InChI is InChI=1S/C20H21Cl2N3O2/c1-14(26)15-5-7-16(8-6-15)25-11-9-24(10-12-25)13-19(27)23-18-4-2-3-17(21)20(18)22/h2-8H,9-13H2,1H3,(H,23,27)/p+1. The molecule has 3 rings (SSSR count). The fraction of sp³-hybridized carbons (Fsp3) is 0.300. The number of carbonyl (C=O) groups is 2. The summed E-state index contributed by atoms with van der Waals surface area (Å²) in [5.74, 6) is -0.00457. The number of nitrogens with one attached hydrogen (secondary N) is 2. The molecule has 27 heavy (non-hydrogen) atoms. The Morgan fingerprint density at radius 2 is 1.74 bits per heavy atom. The lowest BCUT2D eigenvalue weighted by atomic mass is 10.1. The van der Waals surface area contributed by atoms with Gasteiger partial charge < -0.3 is 15.1 Å². The number of anilines is 2. The molecule has 2 aromatic carbocycles. The Hall–Kier alpha value is -2.08. The molecule has 0 atom stereocenters. The Kier molecular flexibility index (Phi) is 6.37. The Morgan fingerprint density at radius 3 is 2.37 bits per heavy atom. The van der Waals surface area contributed by atoms with Crippen LogP contribution >= 0.6 is 23.2 Å². The maximum atomic E-state index is 12.3. The van der Waals surface area contributed by atoms with Crippen molar-refractivity contribution < 1.29 is 14.5 Å². The molecule has 2 N–H and O–H groups in total. The molecule has 0 saturated carbocycles. The number of quaternary nitrogens is 1. The summed E-state index contributed by atoms with van der Waals surface area (Å²) in [5.41, 5.74) is 2.37. The van der Waals surface area contributed by atoms with Crippen LogP contribution < -0.4 is 15.1 Å². The second kappa shape index (κ2) is 8.74. The van der Waals surface area contributed by atoms with Gasteiger partial charge >= 0.3 is 0 Å². The highest BCUT2D eigenvalue weighted by Crippen LogP contribution is 2.29. The van der Waals surface area contributed by atoms with Crippen molar-refractivity contribution in [3.8, 4) is 0 Å². The number of hydrogen-bond acceptors (Lipinski definition) is 3. The van der Waals surface area contributed by atoms with Crippen LogP contribution in [-0.4, -0.2) is 44.4 Å². The SMILES string of the molecule is CC(=O)c1ccc(N2CC[NH+](CC(=O)Nc3cccc(Cl)c3Cl)CC2)cc1. The van der Waals surface area contributed by atoms with Gasteiger partial charge in [0.15, 0.2) is 12.3 Å². The molecule has 0 aromatic heterocycles. The Labute approximate surface area is 168 Å². The minimum atomic E-state index is -0.0755. The number of halogens is 2. The van der Waals surface area contributed by atoms with E-state index in [0.717, 1.165) is 37.4 Å². The topological polar surface area (TPSA) is 53.9 Å². The van der Waals surface area contributed by atoms with Crippen molar-refractivity contribution in [1.29, 1.82) is 0 Å². The number of benzene rings is 2. The first-order valence-corrected chi connectivity index (χ1v) is 9.63. The van der Waals surface area contributed by atoms with Crippen LogP contribution in [0.25, 0.3) is 0 Å². The smallest absolute Gasteiger partial charge is 0.279 e. The number of ketones is 1. The lowest BCUT2D eigenvalue weighted by Crippen LogP contribution is -3.15. The quantitative estimate of drug-likeness (QED) is 0.750. The minimum Gasteiger partial charge on any atom is -0.360 e. The van der Waals surface area contributed by atoms with Crippen molar-refractivity contribution in [2.24, 2.45) is 0 Å². The van der Waals surface area contributed by atoms with E-state index in [1.165, 1.54) is 4.90 Å². The first kappa shape index (κ1) is 19.7. The van der Waals surface area contributed by atoms with Gasteiger partial charge in [-0.2, -0.15) is 0 Å². The molecule has 7 heteroatoms. The highest BCUT2D eigenvalue weighted by Gasteiger charge is 2.23. The summed E-state index contributed by atoms with van der Waals surface area (Å²) >= 11 is 12.1. The first-order chi connectivity index (χ1) is 12.9. The second-order valence-corrected chi connectivity index (χ2v) is 7.45. The molecule has 1 heterocycles. The van der Waals surface area contributed by atoms with Gasteiger partial charge in [0.2, 0.25) is 0 Å². The van der Waals surface area contributed by atoms with Crippen LogP contribution in [0.1, 0.15) is 17.3 Å². The third kappa shape index (κ3) is 5.01. The molecule has 0 aliphatic carbocycles. The molecule has 2 aromatic rings. The summed E-state index contributed by atoms with van der Waals surface area (Å²) in [6, 6.07) is 12.9. The largest absolute Gasteiger partial charge is 0.360 e. The zero-order chi connectivity index (χ0) is 19.4. The first-order valence-electron chi connectivity index (χ1n) is 8.87. The number of hydrogen-bond donors (Lipinski definition) is 2. The number of carbonyl (C=O) groups excluding carboxylic acids is 2. The molecule has 5 nitrogen and oxygen atoms in total. The molecule has 1 aliphatic heterocycles. The lowest BCUT2D eigenvalue weighted by Gasteiger charge is -2.33. The van der Waals surface area contributed by atoms with Crippen LogP contribution in [0.3, 0.4) is 0 Å². The minimum absolute atomic E-state index is 0.0710. The van der Waals surface area contributed by atoms with E-state index >= 15 is 0 Å². The summed E-state index contributed by atoms with van der Waals surface area (Å²) in [5, 5.41) is 3.62. The Bertz CT molecular complexity index is 832. The third-order valence-electron chi connectivity index (χ3n) is 4.75. The van der Waals surface area contributed by atoms with Crippen molar-refractivity contribution in [1.82, 2.24) is 0 Å². The summed E-state index contributed by atoms with van der Waals surface area (Å²) in [4.78, 5) is 27.2. The molecule has 0 bridgehead atoms. The summed E-state index contributed by atoms with van der Waals surface area (Å²) in [7, 11) is 0. The summed E-state index contributed by atoms with van der Waals surface area (Å²) in [6.07, 6.45) is 0. The van der Waals surface area contributed by atoms with Gasteiger partial charge in [0, 0.05) is 11.3 Å². The molecule has 1 saturated heterocycles. The Morgan fingerprint density at radius 1 is 1.07 bits per heavy atom. The van der Waals surface area contributed by atoms with Gasteiger partial charge in [-0.05, 0) is 43.3 Å². The van der Waals surface area contributed by atoms with Crippen LogP contribution in [0.2, 0.25) is 10.0 Å². The fourth-order valence-electron chi connectivity index (χ4n) is 3.19. The van der Waals surface area contributed by atoms with Crippen LogP contribution in [0.15, 0.2) is 42.5 Å². The summed E-state index contributed by atoms with van der Waals surface area (Å²) < 4.78 is 0. The van der Waals surface area contributed by atoms with Crippen molar-refractivity contribution >= 4 is 46.3 Å². The highest BCUT2D eigenvalue weighted by molar-refractivity contribution is 6.43. The number of Topliss-reactive ketones (excluding diaryl/α,β-unsaturated/α-hetero) is 1. The monoisotopic (exact) mass is 406 g/mol. The molecule has 0 spiro atoms. The van der Waals surface area contributed by atoms with Crippen molar-refractivity contribution in [3.05, 3.63) is 58.1 Å². The van der Waals surface area contributed by atoms with Crippen LogP contribution in [0.4, 0.5) is 11.4 Å². The maximum Gasteiger partial charge on any atom is 0.279 e. The third-order valence-corrected chi connectivity index (χ3v) is 5.56. The van der Waals surface area contributed by atoms with Crippen molar-refractivity contribution in [3.63, 3.8) is 0 Å². The van der Waals surface area contributed by atoms with E-state index in [0.29, 0.717) is 22.3 Å². The number of rotatable bonds is 5. The maximum absolute atomic E-state index is 12.3. The molecule has 0 radical (unpaired) electrons. The average molecular weight is 407 g/mol. The van der Waals surface area contributed by atoms with E-state index in [9.17, 15) is 9.59 Å². The van der Waals surface area contributed by atoms with Gasteiger partial charge in [-0.15, -0.1) is 0 Å². The van der Waals surface area contributed by atoms with E-state index in [4.69, 9.17) is 23.2 Å². The van der Waals surface area contributed by atoms with E-state index in [1.807, 2.05) is 24.3 Å². The molecule has 142 valence electrons. The number of nitrogens with zero attached hydrogens (tertiary/aromatic N) is 1. The molecule has 1 fully saturated rings. The van der Waals surface area contributed by atoms with Gasteiger partial charge in [0.1, 0.15) is 0 Å². The van der Waals surface area contributed by atoms with Crippen molar-refractivity contribution in [2.75, 3.05) is 42.9 Å². The molecular formula is C20H22Cl2N3O2+. The predicted molar refractivity (Wildman–Crippen MR) is 109 cm³/mol. The zero-order valence-corrected chi connectivity index (χ0v) is 16.6. The van der Waals surface area contributed by atoms with E-state index in [1.54, 1.807) is 25.1 Å². The molecule has 1 aliphatic rings. The highest BCUT2D eigenvalue weighted by atomic mass is 35.5. The van der Waals surface area contributed by atoms with Crippen LogP contribution in [0.5, 0.6) is 0 Å². The van der Waals surface area contributed by atoms with E-state index in [2.05, 4.69) is 10.2 Å². The normalized spacial score (nSPS) is 14.9. The summed E-state index contributed by atoms with van der Waals surface area (Å²) in [6.45, 7) is 5.41. The average Bonchev–Trinajstić information content (AvgIpc) is 2.66. The van der Waals surface area contributed by atoms with Crippen LogP contribution in [0, 0.1) is 0 Å². The second-order valence-electron chi connectivity index (χ2n) is 6.67. The number of piperazine rings is 1. The van der Waals surface area contributed by atoms with E-state index in [-0.39, 0.29) is 11.7 Å². The van der Waals surface area contributed by atoms with Gasteiger partial charge in [0.05, 0.1) is 41.9 Å². The molecule has 1 amide bonds. The van der Waals surface area contributed by atoms with Gasteiger partial charge in [-0.25, -0.2) is 0 Å². The number of amides is 1. The lowest BCUT2D eigenvalue weighted by molar-refractivity contribution is -0.892. The van der Waals surface area contributed by atoms with Crippen LogP contribution in [-0.2, 0) is 4.79 Å². The predicted octanol–water partition coefficient (Wildman–Crippen LogP) is 2.54. The van der Waals surface area contributed by atoms with Gasteiger partial charge in [-0.3, -0.25) is 9.59 Å². The van der Waals surface area contributed by atoms with Crippen molar-refractivity contribution in [2.45, 2.75) is 6.92 Å². The Balaban J connectivity index is 1.51. The van der Waals surface area contributed by atoms with Gasteiger partial charge in [-0.1, -0.05) is 29.3 Å². The van der Waals surface area contributed by atoms with Gasteiger partial charge in [0.25, 0.3) is 5.91 Å².